The molecule has 1 fully saturated rings. The maximum atomic E-state index is 12.5. The van der Waals surface area contributed by atoms with E-state index in [9.17, 15) is 4.79 Å². The Balaban J connectivity index is 1.57. The molecule has 1 N–H and O–H groups in total. The summed E-state index contributed by atoms with van der Waals surface area (Å²) in [4.78, 5) is 16.9. The molecule has 0 radical (unpaired) electrons. The van der Waals surface area contributed by atoms with Crippen LogP contribution in [0.2, 0.25) is 0 Å². The average Bonchev–Trinajstić information content (AvgIpc) is 3.34. The molecule has 1 aromatic carbocycles. The second kappa shape index (κ2) is 8.35. The highest BCUT2D eigenvalue weighted by atomic mass is 32.2. The van der Waals surface area contributed by atoms with E-state index >= 15 is 0 Å². The number of aromatic nitrogens is 2. The molecule has 0 spiro atoms. The molecule has 0 saturated heterocycles. The number of hydrogen-bond donors (Lipinski definition) is 1. The molecular weight excluding hydrogens is 322 g/mol. The number of imidazole rings is 1. The largest absolute Gasteiger partial charge is 0.381 e. The number of ether oxygens (including phenoxy) is 1. The van der Waals surface area contributed by atoms with Crippen molar-refractivity contribution in [3.05, 3.63) is 42.2 Å². The summed E-state index contributed by atoms with van der Waals surface area (Å²) in [6.45, 7) is 2.18. The fraction of sp³-hybridized carbons (Fsp3) is 0.444. The van der Waals surface area contributed by atoms with Crippen LogP contribution in [0.3, 0.4) is 0 Å². The molecule has 6 heteroatoms. The minimum Gasteiger partial charge on any atom is -0.381 e. The first-order valence-corrected chi connectivity index (χ1v) is 9.55. The van der Waals surface area contributed by atoms with Gasteiger partial charge in [-0.1, -0.05) is 30.0 Å². The molecule has 24 heavy (non-hydrogen) atoms. The van der Waals surface area contributed by atoms with Gasteiger partial charge in [0.1, 0.15) is 5.69 Å². The number of nitrogens with one attached hydrogen (secondary N) is 1. The molecule has 0 aliphatic heterocycles. The summed E-state index contributed by atoms with van der Waals surface area (Å²) in [5.74, 6) is 0.679. The number of benzene rings is 1. The van der Waals surface area contributed by atoms with Gasteiger partial charge in [-0.2, -0.15) is 0 Å². The topological polar surface area (TPSA) is 56.1 Å². The lowest BCUT2D eigenvalue weighted by Crippen LogP contribution is -2.27. The number of hydrogen-bond acceptors (Lipinski definition) is 4. The Bertz CT molecular complexity index is 668. The van der Waals surface area contributed by atoms with Gasteiger partial charge in [-0.3, -0.25) is 9.36 Å². The first-order valence-electron chi connectivity index (χ1n) is 8.32. The van der Waals surface area contributed by atoms with Gasteiger partial charge in [0.05, 0.1) is 6.20 Å². The number of thioether (sulfide) groups is 1. The van der Waals surface area contributed by atoms with Crippen LogP contribution in [0.15, 0.2) is 41.7 Å². The molecule has 0 atom stereocenters. The third-order valence-electron chi connectivity index (χ3n) is 3.96. The summed E-state index contributed by atoms with van der Waals surface area (Å²) in [6, 6.07) is 9.82. The van der Waals surface area contributed by atoms with Crippen molar-refractivity contribution in [1.82, 2.24) is 14.9 Å². The molecule has 128 valence electrons. The van der Waals surface area contributed by atoms with Crippen LogP contribution in [-0.2, 0) is 4.74 Å². The molecule has 1 aliphatic rings. The number of carbonyl (C=O) groups excluding carboxylic acids is 1. The molecular formula is C18H23N3O2S. The molecule has 2 aromatic rings. The van der Waals surface area contributed by atoms with Gasteiger partial charge < -0.3 is 10.1 Å². The van der Waals surface area contributed by atoms with Crippen LogP contribution >= 0.6 is 11.8 Å². The van der Waals surface area contributed by atoms with Crippen molar-refractivity contribution in [3.8, 4) is 5.69 Å². The molecule has 5 nitrogen and oxygen atoms in total. The Morgan fingerprint density at radius 2 is 2.17 bits per heavy atom. The summed E-state index contributed by atoms with van der Waals surface area (Å²) in [7, 11) is 0. The number of carbonyl (C=O) groups is 1. The maximum Gasteiger partial charge on any atom is 0.269 e. The van der Waals surface area contributed by atoms with Crippen molar-refractivity contribution >= 4 is 17.7 Å². The van der Waals surface area contributed by atoms with E-state index in [4.69, 9.17) is 4.74 Å². The number of amides is 1. The molecule has 0 bridgehead atoms. The molecule has 1 saturated carbocycles. The van der Waals surface area contributed by atoms with E-state index in [1.807, 2.05) is 41.2 Å². The van der Waals surface area contributed by atoms with E-state index in [0.717, 1.165) is 29.8 Å². The fourth-order valence-corrected chi connectivity index (χ4v) is 3.01. The van der Waals surface area contributed by atoms with Crippen molar-refractivity contribution in [1.29, 1.82) is 0 Å². The van der Waals surface area contributed by atoms with Crippen molar-refractivity contribution in [2.45, 2.75) is 24.4 Å². The highest BCUT2D eigenvalue weighted by Crippen LogP contribution is 2.28. The van der Waals surface area contributed by atoms with Crippen LogP contribution in [0, 0.1) is 5.92 Å². The van der Waals surface area contributed by atoms with E-state index in [2.05, 4.69) is 10.3 Å². The van der Waals surface area contributed by atoms with E-state index in [1.165, 1.54) is 24.6 Å². The van der Waals surface area contributed by atoms with Crippen LogP contribution in [0.1, 0.15) is 29.8 Å². The van der Waals surface area contributed by atoms with Gasteiger partial charge in [-0.25, -0.2) is 4.98 Å². The minimum atomic E-state index is -0.103. The zero-order chi connectivity index (χ0) is 16.8. The Kier molecular flexibility index (Phi) is 5.93. The highest BCUT2D eigenvalue weighted by molar-refractivity contribution is 7.98. The molecule has 1 heterocycles. The smallest absolute Gasteiger partial charge is 0.269 e. The molecule has 1 aliphatic carbocycles. The van der Waals surface area contributed by atoms with E-state index in [1.54, 1.807) is 6.20 Å². The molecule has 0 unspecified atom stereocenters. The Morgan fingerprint density at radius 3 is 2.88 bits per heavy atom. The minimum absolute atomic E-state index is 0.103. The van der Waals surface area contributed by atoms with E-state index < -0.39 is 0 Å². The first-order chi connectivity index (χ1) is 11.8. The van der Waals surface area contributed by atoms with Crippen molar-refractivity contribution < 1.29 is 9.53 Å². The number of para-hydroxylation sites is 1. The standard InChI is InChI=1S/C18H23N3O2S/c1-24-18-20-12-16(21(18)15-6-3-2-4-7-15)17(22)19-10-5-11-23-13-14-8-9-14/h2-4,6-7,12,14H,5,8-11,13H2,1H3,(H,19,22). The van der Waals surface area contributed by atoms with Gasteiger partial charge in [-0.05, 0) is 43.6 Å². The van der Waals surface area contributed by atoms with Crippen molar-refractivity contribution in [2.24, 2.45) is 5.92 Å². The quantitative estimate of drug-likeness (QED) is 0.560. The van der Waals surface area contributed by atoms with Gasteiger partial charge in [0, 0.05) is 25.4 Å². The van der Waals surface area contributed by atoms with Crippen LogP contribution < -0.4 is 5.32 Å². The maximum absolute atomic E-state index is 12.5. The van der Waals surface area contributed by atoms with E-state index in [-0.39, 0.29) is 5.91 Å². The second-order valence-electron chi connectivity index (χ2n) is 5.93. The monoisotopic (exact) mass is 345 g/mol. The Hall–Kier alpha value is -1.79. The Labute approximate surface area is 146 Å². The highest BCUT2D eigenvalue weighted by Gasteiger charge is 2.21. The van der Waals surface area contributed by atoms with Crippen LogP contribution in [0.5, 0.6) is 0 Å². The molecule has 3 rings (SSSR count). The van der Waals surface area contributed by atoms with Gasteiger partial charge in [0.2, 0.25) is 0 Å². The molecule has 1 amide bonds. The van der Waals surface area contributed by atoms with Gasteiger partial charge in [0.15, 0.2) is 5.16 Å². The lowest BCUT2D eigenvalue weighted by atomic mass is 10.3. The van der Waals surface area contributed by atoms with Crippen molar-refractivity contribution in [2.75, 3.05) is 26.0 Å². The van der Waals surface area contributed by atoms with Gasteiger partial charge >= 0.3 is 0 Å². The van der Waals surface area contributed by atoms with Gasteiger partial charge in [-0.15, -0.1) is 0 Å². The van der Waals surface area contributed by atoms with E-state index in [0.29, 0.717) is 18.8 Å². The SMILES string of the molecule is CSc1ncc(C(=O)NCCCOCC2CC2)n1-c1ccccc1. The molecule has 1 aromatic heterocycles. The van der Waals surface area contributed by atoms with Crippen LogP contribution in [0.25, 0.3) is 5.69 Å². The normalized spacial score (nSPS) is 13.9. The lowest BCUT2D eigenvalue weighted by molar-refractivity contribution is 0.0930. The van der Waals surface area contributed by atoms with Crippen molar-refractivity contribution in [3.63, 3.8) is 0 Å². The summed E-state index contributed by atoms with van der Waals surface area (Å²) in [5, 5.41) is 3.77. The predicted octanol–water partition coefficient (Wildman–Crippen LogP) is 3.14. The third kappa shape index (κ3) is 4.39. The summed E-state index contributed by atoms with van der Waals surface area (Å²) in [6.07, 6.45) is 7.03. The second-order valence-corrected chi connectivity index (χ2v) is 6.70. The number of nitrogens with zero attached hydrogens (tertiary/aromatic N) is 2. The third-order valence-corrected chi connectivity index (χ3v) is 4.61. The summed E-state index contributed by atoms with van der Waals surface area (Å²) >= 11 is 1.52. The summed E-state index contributed by atoms with van der Waals surface area (Å²) in [5.41, 5.74) is 1.50. The average molecular weight is 345 g/mol. The van der Waals surface area contributed by atoms with Crippen LogP contribution in [-0.4, -0.2) is 41.5 Å². The number of rotatable bonds is 9. The zero-order valence-corrected chi connectivity index (χ0v) is 14.7. The fourth-order valence-electron chi connectivity index (χ4n) is 2.47. The summed E-state index contributed by atoms with van der Waals surface area (Å²) < 4.78 is 7.48. The lowest BCUT2D eigenvalue weighted by Gasteiger charge is -2.11. The first kappa shape index (κ1) is 17.0. The van der Waals surface area contributed by atoms with Gasteiger partial charge in [0.25, 0.3) is 5.91 Å². The van der Waals surface area contributed by atoms with Crippen LogP contribution in [0.4, 0.5) is 0 Å². The zero-order valence-electron chi connectivity index (χ0n) is 13.9. The Morgan fingerprint density at radius 1 is 1.38 bits per heavy atom. The predicted molar refractivity (Wildman–Crippen MR) is 95.8 cm³/mol.